The van der Waals surface area contributed by atoms with Gasteiger partial charge in [0.2, 0.25) is 0 Å². The summed E-state index contributed by atoms with van der Waals surface area (Å²) >= 11 is 0. The van der Waals surface area contributed by atoms with E-state index in [0.717, 1.165) is 23.0 Å². The molecule has 4 nitrogen and oxygen atoms in total. The Morgan fingerprint density at radius 3 is 1.56 bits per heavy atom. The van der Waals surface area contributed by atoms with Crippen LogP contribution in [0.3, 0.4) is 0 Å². The SMILES string of the molecule is CNc1cccc(-c2cccc(NC)n2)n1. The van der Waals surface area contributed by atoms with Gasteiger partial charge < -0.3 is 10.6 Å². The molecule has 0 saturated heterocycles. The molecule has 0 saturated carbocycles. The summed E-state index contributed by atoms with van der Waals surface area (Å²) in [6, 6.07) is 11.7. The van der Waals surface area contributed by atoms with E-state index in [9.17, 15) is 0 Å². The fourth-order valence-corrected chi connectivity index (χ4v) is 1.43. The molecule has 2 aromatic heterocycles. The summed E-state index contributed by atoms with van der Waals surface area (Å²) in [7, 11) is 3.70. The van der Waals surface area contributed by atoms with Crippen LogP contribution in [0, 0.1) is 0 Å². The molecule has 2 aromatic rings. The van der Waals surface area contributed by atoms with Gasteiger partial charge in [0.25, 0.3) is 0 Å². The maximum Gasteiger partial charge on any atom is 0.126 e. The molecule has 0 atom stereocenters. The lowest BCUT2D eigenvalue weighted by molar-refractivity contribution is 1.22. The van der Waals surface area contributed by atoms with Crippen LogP contribution in [0.5, 0.6) is 0 Å². The van der Waals surface area contributed by atoms with E-state index in [1.807, 2.05) is 50.5 Å². The molecule has 0 aliphatic rings. The molecule has 0 unspecified atom stereocenters. The molecule has 0 amide bonds. The zero-order valence-electron chi connectivity index (χ0n) is 9.36. The van der Waals surface area contributed by atoms with E-state index in [4.69, 9.17) is 0 Å². The van der Waals surface area contributed by atoms with Crippen LogP contribution in [0.1, 0.15) is 0 Å². The highest BCUT2D eigenvalue weighted by molar-refractivity contribution is 5.59. The first-order chi connectivity index (χ1) is 7.83. The molecule has 2 heterocycles. The lowest BCUT2D eigenvalue weighted by Crippen LogP contribution is -1.96. The minimum atomic E-state index is 0.842. The third-order valence-electron chi connectivity index (χ3n) is 2.27. The van der Waals surface area contributed by atoms with Crippen LogP contribution in [0.25, 0.3) is 11.4 Å². The molecule has 2 N–H and O–H groups in total. The van der Waals surface area contributed by atoms with Gasteiger partial charge in [0.1, 0.15) is 11.6 Å². The fourth-order valence-electron chi connectivity index (χ4n) is 1.43. The van der Waals surface area contributed by atoms with E-state index in [1.165, 1.54) is 0 Å². The van der Waals surface area contributed by atoms with Crippen molar-refractivity contribution >= 4 is 11.6 Å². The zero-order valence-corrected chi connectivity index (χ0v) is 9.36. The van der Waals surface area contributed by atoms with Crippen LogP contribution < -0.4 is 10.6 Å². The number of pyridine rings is 2. The molecule has 0 aromatic carbocycles. The molecule has 0 aliphatic heterocycles. The van der Waals surface area contributed by atoms with E-state index in [1.54, 1.807) is 0 Å². The number of anilines is 2. The van der Waals surface area contributed by atoms with Crippen molar-refractivity contribution in [2.45, 2.75) is 0 Å². The van der Waals surface area contributed by atoms with Gasteiger partial charge in [-0.2, -0.15) is 0 Å². The first-order valence-corrected chi connectivity index (χ1v) is 5.13. The van der Waals surface area contributed by atoms with E-state index in [-0.39, 0.29) is 0 Å². The number of hydrogen-bond acceptors (Lipinski definition) is 4. The molecule has 82 valence electrons. The molecular weight excluding hydrogens is 200 g/mol. The maximum atomic E-state index is 4.44. The van der Waals surface area contributed by atoms with Crippen LogP contribution in [0.2, 0.25) is 0 Å². The predicted molar refractivity (Wildman–Crippen MR) is 66.6 cm³/mol. The Bertz CT molecular complexity index is 436. The van der Waals surface area contributed by atoms with Crippen LogP contribution in [-0.2, 0) is 0 Å². The molecule has 0 spiro atoms. The molecule has 0 fully saturated rings. The fraction of sp³-hybridized carbons (Fsp3) is 0.167. The van der Waals surface area contributed by atoms with Crippen LogP contribution in [0.15, 0.2) is 36.4 Å². The standard InChI is InChI=1S/C12H14N4/c1-13-11-7-3-5-9(15-11)10-6-4-8-12(14-2)16-10/h3-8H,1-2H3,(H,13,15)(H,14,16). The van der Waals surface area contributed by atoms with Gasteiger partial charge in [0.05, 0.1) is 11.4 Å². The Hall–Kier alpha value is -2.10. The summed E-state index contributed by atoms with van der Waals surface area (Å²) in [6.45, 7) is 0. The summed E-state index contributed by atoms with van der Waals surface area (Å²) in [4.78, 5) is 8.87. The second-order valence-electron chi connectivity index (χ2n) is 3.32. The number of hydrogen-bond donors (Lipinski definition) is 2. The van der Waals surface area contributed by atoms with Gasteiger partial charge in [-0.1, -0.05) is 12.1 Å². The van der Waals surface area contributed by atoms with Gasteiger partial charge in [-0.25, -0.2) is 9.97 Å². The second kappa shape index (κ2) is 4.61. The van der Waals surface area contributed by atoms with Crippen molar-refractivity contribution in [2.24, 2.45) is 0 Å². The van der Waals surface area contributed by atoms with Crippen LogP contribution in [0.4, 0.5) is 11.6 Å². The normalized spacial score (nSPS) is 9.88. The van der Waals surface area contributed by atoms with E-state index < -0.39 is 0 Å². The lowest BCUT2D eigenvalue weighted by Gasteiger charge is -2.05. The van der Waals surface area contributed by atoms with Crippen molar-refractivity contribution in [3.05, 3.63) is 36.4 Å². The number of aromatic nitrogens is 2. The Morgan fingerprint density at radius 1 is 0.750 bits per heavy atom. The highest BCUT2D eigenvalue weighted by atomic mass is 15.0. The number of nitrogens with zero attached hydrogens (tertiary/aromatic N) is 2. The molecule has 16 heavy (non-hydrogen) atoms. The van der Waals surface area contributed by atoms with Gasteiger partial charge in [-0.3, -0.25) is 0 Å². The lowest BCUT2D eigenvalue weighted by atomic mass is 10.2. The predicted octanol–water partition coefficient (Wildman–Crippen LogP) is 2.23. The van der Waals surface area contributed by atoms with E-state index in [0.29, 0.717) is 0 Å². The number of rotatable bonds is 3. The largest absolute Gasteiger partial charge is 0.373 e. The average Bonchev–Trinajstić information content (AvgIpc) is 2.39. The Morgan fingerprint density at radius 2 is 1.19 bits per heavy atom. The second-order valence-corrected chi connectivity index (χ2v) is 3.32. The van der Waals surface area contributed by atoms with Crippen LogP contribution >= 0.6 is 0 Å². The monoisotopic (exact) mass is 214 g/mol. The Kier molecular flexibility index (Phi) is 3.00. The van der Waals surface area contributed by atoms with E-state index in [2.05, 4.69) is 20.6 Å². The Balaban J connectivity index is 2.41. The minimum Gasteiger partial charge on any atom is -0.373 e. The van der Waals surface area contributed by atoms with Gasteiger partial charge in [0, 0.05) is 14.1 Å². The molecule has 2 rings (SSSR count). The van der Waals surface area contributed by atoms with Crippen molar-refractivity contribution < 1.29 is 0 Å². The summed E-state index contributed by atoms with van der Waals surface area (Å²) in [5.41, 5.74) is 1.73. The van der Waals surface area contributed by atoms with Gasteiger partial charge in [0.15, 0.2) is 0 Å². The molecule has 4 heteroatoms. The third kappa shape index (κ3) is 2.11. The Labute approximate surface area is 94.8 Å². The summed E-state index contributed by atoms with van der Waals surface area (Å²) in [5.74, 6) is 1.68. The van der Waals surface area contributed by atoms with Crippen molar-refractivity contribution in [1.82, 2.24) is 9.97 Å². The van der Waals surface area contributed by atoms with Crippen molar-refractivity contribution in [2.75, 3.05) is 24.7 Å². The van der Waals surface area contributed by atoms with Crippen molar-refractivity contribution in [3.63, 3.8) is 0 Å². The highest BCUT2D eigenvalue weighted by Crippen LogP contribution is 2.17. The quantitative estimate of drug-likeness (QED) is 0.822. The maximum absolute atomic E-state index is 4.44. The third-order valence-corrected chi connectivity index (χ3v) is 2.27. The highest BCUT2D eigenvalue weighted by Gasteiger charge is 2.02. The smallest absolute Gasteiger partial charge is 0.126 e. The molecular formula is C12H14N4. The topological polar surface area (TPSA) is 49.8 Å². The van der Waals surface area contributed by atoms with Gasteiger partial charge in [-0.15, -0.1) is 0 Å². The summed E-state index contributed by atoms with van der Waals surface area (Å²) in [6.07, 6.45) is 0. The van der Waals surface area contributed by atoms with Gasteiger partial charge >= 0.3 is 0 Å². The summed E-state index contributed by atoms with van der Waals surface area (Å²) < 4.78 is 0. The van der Waals surface area contributed by atoms with Gasteiger partial charge in [-0.05, 0) is 24.3 Å². The summed E-state index contributed by atoms with van der Waals surface area (Å²) in [5, 5.41) is 6.02. The zero-order chi connectivity index (χ0) is 11.4. The first-order valence-electron chi connectivity index (χ1n) is 5.13. The van der Waals surface area contributed by atoms with E-state index >= 15 is 0 Å². The number of nitrogens with one attached hydrogen (secondary N) is 2. The molecule has 0 radical (unpaired) electrons. The average molecular weight is 214 g/mol. The van der Waals surface area contributed by atoms with Crippen LogP contribution in [-0.4, -0.2) is 24.1 Å². The molecule has 0 bridgehead atoms. The van der Waals surface area contributed by atoms with Crippen molar-refractivity contribution in [1.29, 1.82) is 0 Å². The minimum absolute atomic E-state index is 0.842. The first kappa shape index (κ1) is 10.4. The molecule has 0 aliphatic carbocycles. The van der Waals surface area contributed by atoms with Crippen molar-refractivity contribution in [3.8, 4) is 11.4 Å².